The normalized spacial score (nSPS) is 12.4. The van der Waals surface area contributed by atoms with Crippen LogP contribution in [0.15, 0.2) is 16.6 Å². The number of rotatable bonds is 12. The predicted octanol–water partition coefficient (Wildman–Crippen LogP) is 4.54. The second-order valence-corrected chi connectivity index (χ2v) is 7.60. The van der Waals surface area contributed by atoms with Crippen molar-refractivity contribution < 1.29 is 14.6 Å². The molecule has 0 aliphatic carbocycles. The summed E-state index contributed by atoms with van der Waals surface area (Å²) in [5, 5.41) is 8.80. The van der Waals surface area contributed by atoms with Crippen molar-refractivity contribution in [3.05, 3.63) is 27.7 Å². The summed E-state index contributed by atoms with van der Waals surface area (Å²) in [6.07, 6.45) is 5.65. The highest BCUT2D eigenvalue weighted by Crippen LogP contribution is 2.28. The quantitative estimate of drug-likeness (QED) is 0.161. The number of aliphatic hydroxyl groups excluding tert-OH is 1. The number of nitrogens with two attached hydrogens (primary N) is 1. The van der Waals surface area contributed by atoms with Gasteiger partial charge in [-0.25, -0.2) is 4.79 Å². The molecule has 0 amide bonds. The minimum Gasteiger partial charge on any atom is -0.460 e. The maximum atomic E-state index is 12.1. The molecule has 1 aromatic rings. The summed E-state index contributed by atoms with van der Waals surface area (Å²) >= 11 is 10.0. The fourth-order valence-electron chi connectivity index (χ4n) is 2.70. The molecule has 0 spiro atoms. The number of anilines is 1. The molecule has 0 aliphatic rings. The Hall–Kier alpha value is -0.820. The number of benzene rings is 1. The van der Waals surface area contributed by atoms with Gasteiger partial charge in [-0.05, 0) is 46.6 Å². The number of nitrogen functional groups attached to an aromatic ring is 1. The summed E-state index contributed by atoms with van der Waals surface area (Å²) in [5.41, 5.74) is 7.94. The van der Waals surface area contributed by atoms with Crippen LogP contribution < -0.4 is 5.73 Å². The lowest BCUT2D eigenvalue weighted by atomic mass is 10.1. The molecule has 7 heteroatoms. The average Bonchev–Trinajstić information content (AvgIpc) is 2.63. The van der Waals surface area contributed by atoms with Gasteiger partial charge < -0.3 is 15.6 Å². The summed E-state index contributed by atoms with van der Waals surface area (Å²) in [5.74, 6) is -0.481. The van der Waals surface area contributed by atoms with Crippen LogP contribution in [0.1, 0.15) is 61.9 Å². The maximum Gasteiger partial charge on any atom is 0.338 e. The number of carbonyl (C=O) groups is 1. The van der Waals surface area contributed by atoms with Crippen LogP contribution >= 0.6 is 27.5 Å². The molecule has 1 rings (SSSR count). The lowest BCUT2D eigenvalue weighted by Gasteiger charge is -2.27. The summed E-state index contributed by atoms with van der Waals surface area (Å²) in [4.78, 5) is 14.2. The van der Waals surface area contributed by atoms with Gasteiger partial charge in [0.05, 0.1) is 23.4 Å². The third kappa shape index (κ3) is 7.43. The van der Waals surface area contributed by atoms with Gasteiger partial charge in [0.15, 0.2) is 0 Å². The second kappa shape index (κ2) is 12.5. The number of nitrogens with zero attached hydrogens (tertiary/aromatic N) is 1. The minimum absolute atomic E-state index is 0.0290. The van der Waals surface area contributed by atoms with E-state index in [0.29, 0.717) is 22.3 Å². The molecule has 0 heterocycles. The first-order valence-corrected chi connectivity index (χ1v) is 10.4. The van der Waals surface area contributed by atoms with Crippen LogP contribution in [-0.4, -0.2) is 41.2 Å². The van der Waals surface area contributed by atoms with Crippen molar-refractivity contribution in [3.8, 4) is 0 Å². The standard InChI is InChI=1S/C19H30BrClN2O3/c1-3-5-6-7-8-17(21)23(4-2)13-15-11-14(12-16(20)18(15)22)19(25)26-10-9-24/h11-12,17,24H,3-10,13,22H2,1-2H3. The van der Waals surface area contributed by atoms with Gasteiger partial charge in [0.2, 0.25) is 0 Å². The zero-order valence-corrected chi connectivity index (χ0v) is 18.0. The van der Waals surface area contributed by atoms with Gasteiger partial charge in [-0.3, -0.25) is 4.90 Å². The molecule has 26 heavy (non-hydrogen) atoms. The zero-order valence-electron chi connectivity index (χ0n) is 15.6. The van der Waals surface area contributed by atoms with Crippen molar-refractivity contribution in [1.29, 1.82) is 0 Å². The molecular formula is C19H30BrClN2O3. The van der Waals surface area contributed by atoms with Gasteiger partial charge in [0.1, 0.15) is 6.61 Å². The molecule has 0 saturated heterocycles. The van der Waals surface area contributed by atoms with E-state index in [1.807, 2.05) is 0 Å². The monoisotopic (exact) mass is 448 g/mol. The molecule has 148 valence electrons. The van der Waals surface area contributed by atoms with Crippen molar-refractivity contribution in [1.82, 2.24) is 4.90 Å². The van der Waals surface area contributed by atoms with E-state index >= 15 is 0 Å². The van der Waals surface area contributed by atoms with Gasteiger partial charge in [0, 0.05) is 11.0 Å². The highest BCUT2D eigenvalue weighted by Gasteiger charge is 2.18. The Labute approximate surface area is 170 Å². The third-order valence-electron chi connectivity index (χ3n) is 4.25. The fraction of sp³-hybridized carbons (Fsp3) is 0.632. The van der Waals surface area contributed by atoms with E-state index in [0.717, 1.165) is 24.9 Å². The number of alkyl halides is 1. The van der Waals surface area contributed by atoms with E-state index in [9.17, 15) is 4.79 Å². The molecule has 3 N–H and O–H groups in total. The van der Waals surface area contributed by atoms with Crippen molar-refractivity contribution in [2.75, 3.05) is 25.5 Å². The summed E-state index contributed by atoms with van der Waals surface area (Å²) in [6, 6.07) is 3.38. The van der Waals surface area contributed by atoms with Crippen LogP contribution in [0.5, 0.6) is 0 Å². The molecule has 1 aromatic carbocycles. The second-order valence-electron chi connectivity index (χ2n) is 6.24. The average molecular weight is 450 g/mol. The smallest absolute Gasteiger partial charge is 0.338 e. The minimum atomic E-state index is -0.481. The van der Waals surface area contributed by atoms with E-state index in [1.165, 1.54) is 19.3 Å². The molecule has 0 saturated carbocycles. The van der Waals surface area contributed by atoms with Crippen LogP contribution in [0.4, 0.5) is 5.69 Å². The molecule has 0 fully saturated rings. The molecule has 0 aliphatic heterocycles. The largest absolute Gasteiger partial charge is 0.460 e. The number of esters is 1. The molecule has 0 aromatic heterocycles. The molecule has 5 nitrogen and oxygen atoms in total. The van der Waals surface area contributed by atoms with Crippen LogP contribution in [0.2, 0.25) is 0 Å². The Morgan fingerprint density at radius 3 is 2.69 bits per heavy atom. The molecule has 0 radical (unpaired) electrons. The lowest BCUT2D eigenvalue weighted by Crippen LogP contribution is -2.31. The predicted molar refractivity (Wildman–Crippen MR) is 110 cm³/mol. The summed E-state index contributed by atoms with van der Waals surface area (Å²) < 4.78 is 5.64. The highest BCUT2D eigenvalue weighted by atomic mass is 79.9. The zero-order chi connectivity index (χ0) is 19.5. The first-order chi connectivity index (χ1) is 12.4. The summed E-state index contributed by atoms with van der Waals surface area (Å²) in [6.45, 7) is 5.37. The first kappa shape index (κ1) is 23.2. The van der Waals surface area contributed by atoms with E-state index in [1.54, 1.807) is 12.1 Å². The fourth-order valence-corrected chi connectivity index (χ4v) is 3.56. The van der Waals surface area contributed by atoms with Gasteiger partial charge in [0.25, 0.3) is 0 Å². The summed E-state index contributed by atoms with van der Waals surface area (Å²) in [7, 11) is 0. The van der Waals surface area contributed by atoms with E-state index in [-0.39, 0.29) is 18.7 Å². The van der Waals surface area contributed by atoms with Crippen molar-refractivity contribution in [2.24, 2.45) is 0 Å². The van der Waals surface area contributed by atoms with Crippen LogP contribution in [0, 0.1) is 0 Å². The van der Waals surface area contributed by atoms with E-state index < -0.39 is 5.97 Å². The van der Waals surface area contributed by atoms with Gasteiger partial charge >= 0.3 is 5.97 Å². The van der Waals surface area contributed by atoms with Crippen LogP contribution in [-0.2, 0) is 11.3 Å². The number of hydrogen-bond donors (Lipinski definition) is 2. The number of hydrogen-bond acceptors (Lipinski definition) is 5. The number of halogens is 2. The molecule has 1 atom stereocenters. The topological polar surface area (TPSA) is 75.8 Å². The van der Waals surface area contributed by atoms with Crippen LogP contribution in [0.25, 0.3) is 0 Å². The van der Waals surface area contributed by atoms with Gasteiger partial charge in [-0.2, -0.15) is 0 Å². The van der Waals surface area contributed by atoms with E-state index in [4.69, 9.17) is 27.2 Å². The molecule has 0 bridgehead atoms. The Morgan fingerprint density at radius 2 is 2.08 bits per heavy atom. The number of unbranched alkanes of at least 4 members (excludes halogenated alkanes) is 3. The Bertz CT molecular complexity index is 572. The maximum absolute atomic E-state index is 12.1. The number of carbonyl (C=O) groups excluding carboxylic acids is 1. The van der Waals surface area contributed by atoms with E-state index in [2.05, 4.69) is 34.7 Å². The first-order valence-electron chi connectivity index (χ1n) is 9.18. The number of aliphatic hydroxyl groups is 1. The van der Waals surface area contributed by atoms with Gasteiger partial charge in [-0.1, -0.05) is 39.5 Å². The highest BCUT2D eigenvalue weighted by molar-refractivity contribution is 9.10. The number of ether oxygens (including phenoxy) is 1. The van der Waals surface area contributed by atoms with Crippen LogP contribution in [0.3, 0.4) is 0 Å². The lowest BCUT2D eigenvalue weighted by molar-refractivity contribution is 0.0433. The van der Waals surface area contributed by atoms with Crippen molar-refractivity contribution in [2.45, 2.75) is 58.0 Å². The molecular weight excluding hydrogens is 420 g/mol. The Kier molecular flexibility index (Phi) is 11.2. The SMILES string of the molecule is CCCCCCC(Cl)N(CC)Cc1cc(C(=O)OCCO)cc(Br)c1N. The Balaban J connectivity index is 2.84. The Morgan fingerprint density at radius 1 is 1.35 bits per heavy atom. The van der Waals surface area contributed by atoms with Crippen molar-refractivity contribution in [3.63, 3.8) is 0 Å². The molecule has 1 unspecified atom stereocenters. The van der Waals surface area contributed by atoms with Gasteiger partial charge in [-0.15, -0.1) is 11.6 Å². The third-order valence-corrected chi connectivity index (χ3v) is 5.40. The van der Waals surface area contributed by atoms with Crippen molar-refractivity contribution >= 4 is 39.2 Å².